The molecule has 0 amide bonds. The molecular weight excluding hydrogens is 320 g/mol. The number of hydrogen-bond acceptors (Lipinski definition) is 4. The van der Waals surface area contributed by atoms with Crippen molar-refractivity contribution in [3.8, 4) is 11.4 Å². The van der Waals surface area contributed by atoms with Crippen LogP contribution in [0.5, 0.6) is 0 Å². The SMILES string of the molecule is Cc1cccc(CN2CCc3nc(-c4ccc(N)cc4)ncc3C2)c1C. The average Bonchev–Trinajstić information content (AvgIpc) is 2.66. The highest BCUT2D eigenvalue weighted by Gasteiger charge is 2.19. The van der Waals surface area contributed by atoms with Gasteiger partial charge in [-0.25, -0.2) is 9.97 Å². The Morgan fingerprint density at radius 2 is 1.88 bits per heavy atom. The van der Waals surface area contributed by atoms with E-state index >= 15 is 0 Å². The minimum absolute atomic E-state index is 0.758. The second-order valence-electron chi connectivity index (χ2n) is 7.11. The van der Waals surface area contributed by atoms with E-state index in [9.17, 15) is 0 Å². The molecule has 1 aromatic heterocycles. The van der Waals surface area contributed by atoms with E-state index in [1.807, 2.05) is 30.5 Å². The first-order valence-corrected chi connectivity index (χ1v) is 9.08. The number of nitrogens with two attached hydrogens (primary N) is 1. The van der Waals surface area contributed by atoms with Crippen LogP contribution in [-0.4, -0.2) is 21.4 Å². The van der Waals surface area contributed by atoms with Crippen molar-refractivity contribution in [2.75, 3.05) is 12.3 Å². The number of aromatic nitrogens is 2. The molecule has 0 aliphatic carbocycles. The minimum Gasteiger partial charge on any atom is -0.399 e. The molecule has 2 N–H and O–H groups in total. The number of nitrogen functional groups attached to an aromatic ring is 1. The summed E-state index contributed by atoms with van der Waals surface area (Å²) in [6, 6.07) is 14.3. The second-order valence-corrected chi connectivity index (χ2v) is 7.11. The lowest BCUT2D eigenvalue weighted by Crippen LogP contribution is -2.31. The van der Waals surface area contributed by atoms with Crippen molar-refractivity contribution >= 4 is 5.69 Å². The maximum atomic E-state index is 5.77. The van der Waals surface area contributed by atoms with E-state index in [1.54, 1.807) is 0 Å². The smallest absolute Gasteiger partial charge is 0.159 e. The van der Waals surface area contributed by atoms with Crippen molar-refractivity contribution in [2.24, 2.45) is 0 Å². The van der Waals surface area contributed by atoms with Gasteiger partial charge in [0.1, 0.15) is 0 Å². The van der Waals surface area contributed by atoms with Crippen LogP contribution in [-0.2, 0) is 19.5 Å². The largest absolute Gasteiger partial charge is 0.399 e. The molecule has 0 saturated heterocycles. The van der Waals surface area contributed by atoms with Gasteiger partial charge in [-0.2, -0.15) is 0 Å². The zero-order valence-electron chi connectivity index (χ0n) is 15.4. The van der Waals surface area contributed by atoms with Crippen LogP contribution in [0.1, 0.15) is 27.9 Å². The van der Waals surface area contributed by atoms with Gasteiger partial charge in [0.05, 0.1) is 5.69 Å². The molecule has 3 aromatic rings. The highest BCUT2D eigenvalue weighted by atomic mass is 15.1. The summed E-state index contributed by atoms with van der Waals surface area (Å²) >= 11 is 0. The summed E-state index contributed by atoms with van der Waals surface area (Å²) in [5, 5.41) is 0. The molecule has 4 rings (SSSR count). The molecule has 0 atom stereocenters. The number of hydrogen-bond donors (Lipinski definition) is 1. The third-order valence-corrected chi connectivity index (χ3v) is 5.29. The average molecular weight is 344 g/mol. The van der Waals surface area contributed by atoms with Gasteiger partial charge in [-0.05, 0) is 54.8 Å². The van der Waals surface area contributed by atoms with Crippen molar-refractivity contribution in [3.63, 3.8) is 0 Å². The van der Waals surface area contributed by atoms with Gasteiger partial charge in [0.15, 0.2) is 5.82 Å². The number of nitrogens with zero attached hydrogens (tertiary/aromatic N) is 3. The Kier molecular flexibility index (Phi) is 4.43. The van der Waals surface area contributed by atoms with Gasteiger partial charge in [-0.15, -0.1) is 0 Å². The van der Waals surface area contributed by atoms with Gasteiger partial charge >= 0.3 is 0 Å². The summed E-state index contributed by atoms with van der Waals surface area (Å²) in [7, 11) is 0. The van der Waals surface area contributed by atoms with Crippen LogP contribution < -0.4 is 5.73 Å². The molecule has 4 heteroatoms. The van der Waals surface area contributed by atoms with Crippen LogP contribution in [0.15, 0.2) is 48.7 Å². The molecule has 0 spiro atoms. The van der Waals surface area contributed by atoms with Crippen LogP contribution in [0.25, 0.3) is 11.4 Å². The number of rotatable bonds is 3. The fraction of sp³-hybridized carbons (Fsp3) is 0.273. The number of aryl methyl sites for hydroxylation is 1. The molecule has 132 valence electrons. The third kappa shape index (κ3) is 3.33. The predicted molar refractivity (Wildman–Crippen MR) is 106 cm³/mol. The second kappa shape index (κ2) is 6.89. The number of fused-ring (bicyclic) bond motifs is 1. The quantitative estimate of drug-likeness (QED) is 0.732. The minimum atomic E-state index is 0.758. The first kappa shape index (κ1) is 16.7. The van der Waals surface area contributed by atoms with Crippen LogP contribution in [0.3, 0.4) is 0 Å². The Hall–Kier alpha value is -2.72. The highest BCUT2D eigenvalue weighted by molar-refractivity contribution is 5.58. The van der Waals surface area contributed by atoms with Crippen molar-refractivity contribution < 1.29 is 0 Å². The van der Waals surface area contributed by atoms with Crippen molar-refractivity contribution in [2.45, 2.75) is 33.4 Å². The van der Waals surface area contributed by atoms with E-state index < -0.39 is 0 Å². The van der Waals surface area contributed by atoms with Crippen LogP contribution in [0.2, 0.25) is 0 Å². The third-order valence-electron chi connectivity index (χ3n) is 5.29. The first-order chi connectivity index (χ1) is 12.6. The molecule has 0 fully saturated rings. The van der Waals surface area contributed by atoms with Gasteiger partial charge in [-0.1, -0.05) is 18.2 Å². The van der Waals surface area contributed by atoms with E-state index in [0.29, 0.717) is 0 Å². The number of anilines is 1. The maximum Gasteiger partial charge on any atom is 0.159 e. The molecule has 0 radical (unpaired) electrons. The van der Waals surface area contributed by atoms with Crippen LogP contribution >= 0.6 is 0 Å². The molecule has 0 unspecified atom stereocenters. The maximum absolute atomic E-state index is 5.77. The summed E-state index contributed by atoms with van der Waals surface area (Å²) in [6.07, 6.45) is 2.95. The van der Waals surface area contributed by atoms with E-state index in [0.717, 1.165) is 43.1 Å². The fourth-order valence-corrected chi connectivity index (χ4v) is 3.50. The summed E-state index contributed by atoms with van der Waals surface area (Å²) in [5.41, 5.74) is 14.1. The Balaban J connectivity index is 1.52. The molecule has 4 nitrogen and oxygen atoms in total. The Morgan fingerprint density at radius 3 is 2.69 bits per heavy atom. The molecule has 26 heavy (non-hydrogen) atoms. The summed E-state index contributed by atoms with van der Waals surface area (Å²) in [4.78, 5) is 11.9. The van der Waals surface area contributed by atoms with E-state index in [1.165, 1.54) is 27.9 Å². The Bertz CT molecular complexity index is 931. The zero-order chi connectivity index (χ0) is 18.1. The normalized spacial score (nSPS) is 14.2. The van der Waals surface area contributed by atoms with Crippen molar-refractivity contribution in [1.82, 2.24) is 14.9 Å². The standard InChI is InChI=1S/C22H24N4/c1-15-4-3-5-18(16(15)2)13-26-11-10-21-19(14-26)12-24-22(25-21)17-6-8-20(23)9-7-17/h3-9,12H,10-11,13-14,23H2,1-2H3. The lowest BCUT2D eigenvalue weighted by molar-refractivity contribution is 0.242. The molecule has 1 aliphatic heterocycles. The number of benzene rings is 2. The van der Waals surface area contributed by atoms with Gasteiger partial charge in [0.2, 0.25) is 0 Å². The molecule has 2 heterocycles. The molecular formula is C22H24N4. The van der Waals surface area contributed by atoms with E-state index in [4.69, 9.17) is 10.7 Å². The topological polar surface area (TPSA) is 55.0 Å². The summed E-state index contributed by atoms with van der Waals surface area (Å²) < 4.78 is 0. The van der Waals surface area contributed by atoms with Gasteiger partial charge in [0.25, 0.3) is 0 Å². The van der Waals surface area contributed by atoms with Crippen LogP contribution in [0.4, 0.5) is 5.69 Å². The molecule has 0 bridgehead atoms. The Labute approximate surface area is 154 Å². The van der Waals surface area contributed by atoms with Crippen molar-refractivity contribution in [3.05, 3.63) is 76.6 Å². The fourth-order valence-electron chi connectivity index (χ4n) is 3.50. The van der Waals surface area contributed by atoms with Gasteiger partial charge in [-0.3, -0.25) is 4.90 Å². The molecule has 1 aliphatic rings. The van der Waals surface area contributed by atoms with E-state index in [-0.39, 0.29) is 0 Å². The summed E-state index contributed by atoms with van der Waals surface area (Å²) in [5.74, 6) is 0.784. The van der Waals surface area contributed by atoms with Gasteiger partial charge in [0, 0.05) is 49.1 Å². The summed E-state index contributed by atoms with van der Waals surface area (Å²) in [6.45, 7) is 7.30. The van der Waals surface area contributed by atoms with Gasteiger partial charge < -0.3 is 5.73 Å². The lowest BCUT2D eigenvalue weighted by Gasteiger charge is -2.28. The monoisotopic (exact) mass is 344 g/mol. The van der Waals surface area contributed by atoms with E-state index in [2.05, 4.69) is 41.9 Å². The molecule has 2 aromatic carbocycles. The highest BCUT2D eigenvalue weighted by Crippen LogP contribution is 2.23. The first-order valence-electron chi connectivity index (χ1n) is 9.08. The van der Waals surface area contributed by atoms with Crippen molar-refractivity contribution in [1.29, 1.82) is 0 Å². The molecule has 0 saturated carbocycles. The lowest BCUT2D eigenvalue weighted by atomic mass is 10.0. The predicted octanol–water partition coefficient (Wildman–Crippen LogP) is 3.90. The van der Waals surface area contributed by atoms with Crippen LogP contribution in [0, 0.1) is 13.8 Å². The zero-order valence-corrected chi connectivity index (χ0v) is 15.4. The Morgan fingerprint density at radius 1 is 1.08 bits per heavy atom.